The second-order valence-corrected chi connectivity index (χ2v) is 8.94. The third-order valence-electron chi connectivity index (χ3n) is 6.63. The predicted octanol–water partition coefficient (Wildman–Crippen LogP) is 3.97. The fourth-order valence-corrected chi connectivity index (χ4v) is 4.73. The molecule has 1 fully saturated rings. The van der Waals surface area contributed by atoms with Gasteiger partial charge in [0.25, 0.3) is 5.91 Å². The zero-order chi connectivity index (χ0) is 24.9. The van der Waals surface area contributed by atoms with Crippen LogP contribution in [0.15, 0.2) is 85.1 Å². The van der Waals surface area contributed by atoms with Crippen LogP contribution in [0.2, 0.25) is 0 Å². The van der Waals surface area contributed by atoms with E-state index in [-0.39, 0.29) is 30.2 Å². The summed E-state index contributed by atoms with van der Waals surface area (Å²) in [5, 5.41) is 6.79. The lowest BCUT2D eigenvalue weighted by Gasteiger charge is -2.18. The van der Waals surface area contributed by atoms with E-state index in [0.29, 0.717) is 25.1 Å². The molecule has 3 amide bonds. The third-order valence-corrected chi connectivity index (χ3v) is 6.63. The first-order valence-electron chi connectivity index (χ1n) is 12.2. The zero-order valence-electron chi connectivity index (χ0n) is 19.9. The van der Waals surface area contributed by atoms with Crippen molar-refractivity contribution in [3.05, 3.63) is 102 Å². The zero-order valence-corrected chi connectivity index (χ0v) is 19.9. The summed E-state index contributed by atoms with van der Waals surface area (Å²) in [7, 11) is 0. The van der Waals surface area contributed by atoms with E-state index in [2.05, 4.69) is 33.8 Å². The number of nitrogens with zero attached hydrogens (tertiary/aromatic N) is 1. The van der Waals surface area contributed by atoms with Gasteiger partial charge in [-0.3, -0.25) is 14.4 Å². The van der Waals surface area contributed by atoms with E-state index in [9.17, 15) is 14.4 Å². The first-order valence-corrected chi connectivity index (χ1v) is 12.2. The van der Waals surface area contributed by atoms with E-state index < -0.39 is 0 Å². The first kappa shape index (κ1) is 23.4. The van der Waals surface area contributed by atoms with E-state index in [1.165, 1.54) is 0 Å². The van der Waals surface area contributed by atoms with Crippen molar-refractivity contribution in [3.8, 4) is 0 Å². The molecule has 1 unspecified atom stereocenters. The maximum Gasteiger partial charge on any atom is 0.251 e. The second kappa shape index (κ2) is 10.5. The Hall–Kier alpha value is -4.39. The molecule has 0 saturated carbocycles. The number of benzene rings is 3. The molecule has 36 heavy (non-hydrogen) atoms. The number of H-pyrrole nitrogens is 1. The summed E-state index contributed by atoms with van der Waals surface area (Å²) in [5.74, 6) is -0.530. The summed E-state index contributed by atoms with van der Waals surface area (Å²) >= 11 is 0. The summed E-state index contributed by atoms with van der Waals surface area (Å²) in [6.45, 7) is 0.979. The Kier molecular flexibility index (Phi) is 6.80. The minimum absolute atomic E-state index is 0.0390. The normalized spacial score (nSPS) is 14.1. The van der Waals surface area contributed by atoms with Crippen LogP contribution in [0.5, 0.6) is 0 Å². The summed E-state index contributed by atoms with van der Waals surface area (Å²) < 4.78 is 0. The van der Waals surface area contributed by atoms with Gasteiger partial charge < -0.3 is 20.5 Å². The fourth-order valence-electron chi connectivity index (χ4n) is 4.73. The van der Waals surface area contributed by atoms with Crippen molar-refractivity contribution in [3.63, 3.8) is 0 Å². The molecule has 0 radical (unpaired) electrons. The smallest absolute Gasteiger partial charge is 0.251 e. The van der Waals surface area contributed by atoms with Gasteiger partial charge >= 0.3 is 0 Å². The van der Waals surface area contributed by atoms with E-state index >= 15 is 0 Å². The fraction of sp³-hybridized carbons (Fsp3) is 0.207. The highest BCUT2D eigenvalue weighted by Crippen LogP contribution is 2.30. The van der Waals surface area contributed by atoms with Crippen LogP contribution in [0.25, 0.3) is 10.9 Å². The third kappa shape index (κ3) is 5.00. The molecule has 3 N–H and O–H groups in total. The number of nitrogens with one attached hydrogen (secondary N) is 3. The van der Waals surface area contributed by atoms with Gasteiger partial charge in [-0.2, -0.15) is 0 Å². The van der Waals surface area contributed by atoms with Crippen LogP contribution in [0.4, 0.5) is 5.69 Å². The molecular formula is C29H28N4O3. The number of carbonyl (C=O) groups excluding carboxylic acids is 3. The Morgan fingerprint density at radius 2 is 1.67 bits per heavy atom. The van der Waals surface area contributed by atoms with Gasteiger partial charge in [-0.1, -0.05) is 48.5 Å². The van der Waals surface area contributed by atoms with Crippen molar-refractivity contribution in [2.45, 2.75) is 18.8 Å². The maximum atomic E-state index is 12.6. The van der Waals surface area contributed by atoms with Gasteiger partial charge in [0.05, 0.1) is 6.54 Å². The lowest BCUT2D eigenvalue weighted by molar-refractivity contribution is -0.120. The molecule has 1 aliphatic rings. The molecule has 7 nitrogen and oxygen atoms in total. The van der Waals surface area contributed by atoms with Crippen LogP contribution >= 0.6 is 0 Å². The minimum Gasteiger partial charge on any atom is -0.361 e. The van der Waals surface area contributed by atoms with Gasteiger partial charge in [0, 0.05) is 53.8 Å². The molecule has 1 atom stereocenters. The van der Waals surface area contributed by atoms with E-state index in [1.54, 1.807) is 29.2 Å². The van der Waals surface area contributed by atoms with E-state index in [0.717, 1.165) is 34.1 Å². The van der Waals surface area contributed by atoms with Gasteiger partial charge in [-0.15, -0.1) is 0 Å². The predicted molar refractivity (Wildman–Crippen MR) is 140 cm³/mol. The molecule has 4 aromatic rings. The number of rotatable bonds is 8. The summed E-state index contributed by atoms with van der Waals surface area (Å²) in [6.07, 6.45) is 3.40. The highest BCUT2D eigenvalue weighted by molar-refractivity contribution is 5.98. The maximum absolute atomic E-state index is 12.6. The van der Waals surface area contributed by atoms with Crippen molar-refractivity contribution in [2.75, 3.05) is 24.5 Å². The van der Waals surface area contributed by atoms with Crippen LogP contribution in [-0.4, -0.2) is 42.3 Å². The number of aromatic amines is 1. The molecule has 0 bridgehead atoms. The molecule has 5 rings (SSSR count). The van der Waals surface area contributed by atoms with Crippen LogP contribution in [0.1, 0.15) is 40.2 Å². The standard InChI is InChI=1S/C29H28N4O3/c34-27(19-32-29(36)21-12-14-22(15-13-21)33-16-6-11-28(33)35)31-17-24(20-7-2-1-3-8-20)25-18-30-26-10-5-4-9-23(25)26/h1-5,7-10,12-15,18,24,30H,6,11,16-17,19H2,(H,31,34)(H,32,36). The Bertz CT molecular complexity index is 1380. The van der Waals surface area contributed by atoms with E-state index in [1.807, 2.05) is 42.6 Å². The van der Waals surface area contributed by atoms with Crippen LogP contribution < -0.4 is 15.5 Å². The number of fused-ring (bicyclic) bond motifs is 1. The van der Waals surface area contributed by atoms with Crippen molar-refractivity contribution < 1.29 is 14.4 Å². The van der Waals surface area contributed by atoms with Crippen molar-refractivity contribution in [1.82, 2.24) is 15.6 Å². The lowest BCUT2D eigenvalue weighted by Crippen LogP contribution is -2.38. The Morgan fingerprint density at radius 1 is 0.917 bits per heavy atom. The van der Waals surface area contributed by atoms with E-state index in [4.69, 9.17) is 0 Å². The highest BCUT2D eigenvalue weighted by Gasteiger charge is 2.22. The summed E-state index contributed by atoms with van der Waals surface area (Å²) in [6, 6.07) is 25.1. The molecule has 2 heterocycles. The first-order chi connectivity index (χ1) is 17.6. The van der Waals surface area contributed by atoms with Gasteiger partial charge in [0.2, 0.25) is 11.8 Å². The molecule has 1 aromatic heterocycles. The number of para-hydroxylation sites is 1. The lowest BCUT2D eigenvalue weighted by atomic mass is 9.91. The summed E-state index contributed by atoms with van der Waals surface area (Å²) in [5.41, 5.74) is 4.49. The largest absolute Gasteiger partial charge is 0.361 e. The Morgan fingerprint density at radius 3 is 2.42 bits per heavy atom. The average molecular weight is 481 g/mol. The topological polar surface area (TPSA) is 94.3 Å². The van der Waals surface area contributed by atoms with Crippen molar-refractivity contribution >= 4 is 34.3 Å². The molecule has 7 heteroatoms. The van der Waals surface area contributed by atoms with Gasteiger partial charge in [-0.25, -0.2) is 0 Å². The molecule has 0 spiro atoms. The second-order valence-electron chi connectivity index (χ2n) is 8.94. The number of hydrogen-bond acceptors (Lipinski definition) is 3. The Balaban J connectivity index is 1.20. The number of anilines is 1. The van der Waals surface area contributed by atoms with Gasteiger partial charge in [0.1, 0.15) is 0 Å². The number of aromatic nitrogens is 1. The minimum atomic E-state index is -0.333. The van der Waals surface area contributed by atoms with Gasteiger partial charge in [-0.05, 0) is 47.9 Å². The molecule has 182 valence electrons. The molecule has 0 aliphatic carbocycles. The number of hydrogen-bond donors (Lipinski definition) is 3. The van der Waals surface area contributed by atoms with Crippen LogP contribution in [-0.2, 0) is 9.59 Å². The Labute approximate surface area is 209 Å². The molecule has 1 aliphatic heterocycles. The van der Waals surface area contributed by atoms with Crippen LogP contribution in [0, 0.1) is 0 Å². The molecular weight excluding hydrogens is 452 g/mol. The highest BCUT2D eigenvalue weighted by atomic mass is 16.2. The number of carbonyl (C=O) groups is 3. The van der Waals surface area contributed by atoms with Crippen LogP contribution in [0.3, 0.4) is 0 Å². The average Bonchev–Trinajstić information content (AvgIpc) is 3.54. The molecule has 1 saturated heterocycles. The molecule has 3 aromatic carbocycles. The monoisotopic (exact) mass is 480 g/mol. The summed E-state index contributed by atoms with van der Waals surface area (Å²) in [4.78, 5) is 42.2. The van der Waals surface area contributed by atoms with Crippen molar-refractivity contribution in [1.29, 1.82) is 0 Å². The quantitative estimate of drug-likeness (QED) is 0.356. The van der Waals surface area contributed by atoms with Gasteiger partial charge in [0.15, 0.2) is 0 Å². The number of amides is 3. The van der Waals surface area contributed by atoms with Crippen molar-refractivity contribution in [2.24, 2.45) is 0 Å². The SMILES string of the molecule is O=C(CNC(=O)c1ccc(N2CCCC2=O)cc1)NCC(c1ccccc1)c1c[nH]c2ccccc12.